The van der Waals surface area contributed by atoms with E-state index >= 15 is 0 Å². The highest BCUT2D eigenvalue weighted by molar-refractivity contribution is 5.80. The molecular weight excluding hydrogens is 243 g/mol. The number of nitrogens with zero attached hydrogens (tertiary/aromatic N) is 1. The van der Waals surface area contributed by atoms with E-state index in [0.29, 0.717) is 5.69 Å². The van der Waals surface area contributed by atoms with E-state index in [4.69, 9.17) is 5.73 Å². The van der Waals surface area contributed by atoms with Crippen LogP contribution >= 0.6 is 0 Å². The van der Waals surface area contributed by atoms with Crippen molar-refractivity contribution in [3.05, 3.63) is 48.0 Å². The fourth-order valence-corrected chi connectivity index (χ4v) is 1.99. The standard InChI is InChI=1S/C14H13FN4/c1-8-17-13-5-3-10(7-14(13)18-8)19-9-2-4-12(16)11(15)6-9/h2-7,19H,16H2,1H3,(H,17,18). The van der Waals surface area contributed by atoms with E-state index < -0.39 is 5.82 Å². The van der Waals surface area contributed by atoms with E-state index in [1.807, 2.05) is 25.1 Å². The van der Waals surface area contributed by atoms with E-state index in [2.05, 4.69) is 15.3 Å². The van der Waals surface area contributed by atoms with Crippen LogP contribution in [0.4, 0.5) is 21.5 Å². The lowest BCUT2D eigenvalue weighted by Crippen LogP contribution is -1.94. The van der Waals surface area contributed by atoms with Crippen molar-refractivity contribution < 1.29 is 4.39 Å². The van der Waals surface area contributed by atoms with Crippen LogP contribution in [0.25, 0.3) is 11.0 Å². The van der Waals surface area contributed by atoms with Crippen LogP contribution in [0.1, 0.15) is 5.82 Å². The monoisotopic (exact) mass is 256 g/mol. The molecule has 0 saturated carbocycles. The molecule has 5 heteroatoms. The highest BCUT2D eigenvalue weighted by Gasteiger charge is 2.03. The number of aromatic amines is 1. The molecule has 0 unspecified atom stereocenters. The van der Waals surface area contributed by atoms with Gasteiger partial charge in [0.15, 0.2) is 0 Å². The number of aryl methyl sites for hydroxylation is 1. The third-order valence-corrected chi connectivity index (χ3v) is 2.89. The van der Waals surface area contributed by atoms with Gasteiger partial charge in [-0.05, 0) is 43.3 Å². The lowest BCUT2D eigenvalue weighted by atomic mass is 10.2. The summed E-state index contributed by atoms with van der Waals surface area (Å²) in [6, 6.07) is 10.4. The van der Waals surface area contributed by atoms with Gasteiger partial charge in [0.1, 0.15) is 11.6 Å². The minimum absolute atomic E-state index is 0.144. The van der Waals surface area contributed by atoms with Crippen molar-refractivity contribution in [3.63, 3.8) is 0 Å². The predicted molar refractivity (Wildman–Crippen MR) is 74.9 cm³/mol. The number of rotatable bonds is 2. The van der Waals surface area contributed by atoms with Gasteiger partial charge in [-0.15, -0.1) is 0 Å². The summed E-state index contributed by atoms with van der Waals surface area (Å²) in [5.74, 6) is 0.439. The van der Waals surface area contributed by atoms with Gasteiger partial charge >= 0.3 is 0 Å². The van der Waals surface area contributed by atoms with Crippen molar-refractivity contribution in [3.8, 4) is 0 Å². The largest absolute Gasteiger partial charge is 0.396 e. The molecule has 19 heavy (non-hydrogen) atoms. The van der Waals surface area contributed by atoms with Crippen LogP contribution in [0.15, 0.2) is 36.4 Å². The molecular formula is C14H13FN4. The Balaban J connectivity index is 1.93. The summed E-state index contributed by atoms with van der Waals surface area (Å²) in [5.41, 5.74) is 8.96. The van der Waals surface area contributed by atoms with Crippen molar-refractivity contribution in [2.75, 3.05) is 11.1 Å². The third kappa shape index (κ3) is 2.22. The summed E-state index contributed by atoms with van der Waals surface area (Å²) in [6.07, 6.45) is 0. The Kier molecular flexibility index (Phi) is 2.59. The second kappa shape index (κ2) is 4.28. The van der Waals surface area contributed by atoms with Gasteiger partial charge in [-0.1, -0.05) is 0 Å². The number of benzene rings is 2. The number of nitrogen functional groups attached to an aromatic ring is 1. The zero-order valence-corrected chi connectivity index (χ0v) is 10.4. The van der Waals surface area contributed by atoms with Crippen molar-refractivity contribution in [1.82, 2.24) is 9.97 Å². The van der Waals surface area contributed by atoms with Crippen LogP contribution in [0.2, 0.25) is 0 Å². The van der Waals surface area contributed by atoms with Crippen LogP contribution in [0.5, 0.6) is 0 Å². The molecule has 0 saturated heterocycles. The zero-order chi connectivity index (χ0) is 13.4. The summed E-state index contributed by atoms with van der Waals surface area (Å²) in [6.45, 7) is 1.91. The normalized spacial score (nSPS) is 10.8. The Morgan fingerprint density at radius 3 is 2.68 bits per heavy atom. The van der Waals surface area contributed by atoms with Crippen molar-refractivity contribution in [2.45, 2.75) is 6.92 Å². The smallest absolute Gasteiger partial charge is 0.148 e. The fraction of sp³-hybridized carbons (Fsp3) is 0.0714. The zero-order valence-electron chi connectivity index (χ0n) is 10.4. The van der Waals surface area contributed by atoms with Crippen molar-refractivity contribution >= 4 is 28.1 Å². The van der Waals surface area contributed by atoms with Gasteiger partial charge in [0.05, 0.1) is 16.7 Å². The molecule has 3 aromatic rings. The molecule has 0 atom stereocenters. The number of fused-ring (bicyclic) bond motifs is 1. The molecule has 0 aliphatic heterocycles. The maximum absolute atomic E-state index is 13.4. The van der Waals surface area contributed by atoms with Gasteiger partial charge < -0.3 is 16.0 Å². The molecule has 0 fully saturated rings. The maximum atomic E-state index is 13.4. The Labute approximate surface area is 109 Å². The van der Waals surface area contributed by atoms with Crippen LogP contribution < -0.4 is 11.1 Å². The molecule has 3 rings (SSSR count). The van der Waals surface area contributed by atoms with Gasteiger partial charge in [0.25, 0.3) is 0 Å². The number of halogens is 1. The van der Waals surface area contributed by atoms with Crippen LogP contribution in [-0.4, -0.2) is 9.97 Å². The summed E-state index contributed by atoms with van der Waals surface area (Å²) >= 11 is 0. The molecule has 96 valence electrons. The molecule has 0 radical (unpaired) electrons. The minimum atomic E-state index is -0.427. The molecule has 1 heterocycles. The molecule has 4 nitrogen and oxygen atoms in total. The average molecular weight is 256 g/mol. The predicted octanol–water partition coefficient (Wildman–Crippen LogP) is 3.34. The van der Waals surface area contributed by atoms with Gasteiger partial charge in [-0.3, -0.25) is 0 Å². The second-order valence-corrected chi connectivity index (χ2v) is 4.42. The molecule has 0 aliphatic rings. The summed E-state index contributed by atoms with van der Waals surface area (Å²) in [4.78, 5) is 7.49. The molecule has 4 N–H and O–H groups in total. The first-order valence-corrected chi connectivity index (χ1v) is 5.90. The molecule has 0 amide bonds. The Morgan fingerprint density at radius 1 is 1.16 bits per heavy atom. The van der Waals surface area contributed by atoms with Gasteiger partial charge in [0, 0.05) is 11.4 Å². The Morgan fingerprint density at radius 2 is 1.89 bits per heavy atom. The summed E-state index contributed by atoms with van der Waals surface area (Å²) in [5, 5.41) is 3.13. The Hall–Kier alpha value is -2.56. The van der Waals surface area contributed by atoms with Gasteiger partial charge in [-0.25, -0.2) is 9.37 Å². The van der Waals surface area contributed by atoms with Crippen molar-refractivity contribution in [1.29, 1.82) is 0 Å². The first-order chi connectivity index (χ1) is 9.11. The molecule has 0 bridgehead atoms. The quantitative estimate of drug-likeness (QED) is 0.616. The fourth-order valence-electron chi connectivity index (χ4n) is 1.99. The number of nitrogens with one attached hydrogen (secondary N) is 2. The average Bonchev–Trinajstić information content (AvgIpc) is 2.73. The Bertz CT molecular complexity index is 748. The first kappa shape index (κ1) is 11.5. The van der Waals surface area contributed by atoms with E-state index in [1.54, 1.807) is 6.07 Å². The number of nitrogens with two attached hydrogens (primary N) is 1. The van der Waals surface area contributed by atoms with Crippen LogP contribution in [0, 0.1) is 12.7 Å². The lowest BCUT2D eigenvalue weighted by Gasteiger charge is -2.07. The molecule has 1 aromatic heterocycles. The van der Waals surface area contributed by atoms with Gasteiger partial charge in [-0.2, -0.15) is 0 Å². The highest BCUT2D eigenvalue weighted by Crippen LogP contribution is 2.23. The second-order valence-electron chi connectivity index (χ2n) is 4.42. The molecule has 0 aliphatic carbocycles. The number of aromatic nitrogens is 2. The van der Waals surface area contributed by atoms with Crippen LogP contribution in [-0.2, 0) is 0 Å². The SMILES string of the molecule is Cc1nc2ccc(Nc3ccc(N)c(F)c3)cc2[nH]1. The lowest BCUT2D eigenvalue weighted by molar-refractivity contribution is 0.633. The van der Waals surface area contributed by atoms with Crippen molar-refractivity contribution in [2.24, 2.45) is 0 Å². The van der Waals surface area contributed by atoms with Gasteiger partial charge in [0.2, 0.25) is 0 Å². The van der Waals surface area contributed by atoms with Crippen LogP contribution in [0.3, 0.4) is 0 Å². The molecule has 0 spiro atoms. The first-order valence-electron chi connectivity index (χ1n) is 5.90. The van der Waals surface area contributed by atoms with E-state index in [0.717, 1.165) is 22.5 Å². The number of H-pyrrole nitrogens is 1. The highest BCUT2D eigenvalue weighted by atomic mass is 19.1. The topological polar surface area (TPSA) is 66.7 Å². The third-order valence-electron chi connectivity index (χ3n) is 2.89. The van der Waals surface area contributed by atoms with E-state index in [-0.39, 0.29) is 5.69 Å². The minimum Gasteiger partial charge on any atom is -0.396 e. The summed E-state index contributed by atoms with van der Waals surface area (Å²) < 4.78 is 13.4. The van der Waals surface area contributed by atoms with E-state index in [9.17, 15) is 4.39 Å². The number of hydrogen-bond donors (Lipinski definition) is 3. The van der Waals surface area contributed by atoms with E-state index in [1.165, 1.54) is 12.1 Å². The number of hydrogen-bond acceptors (Lipinski definition) is 3. The summed E-state index contributed by atoms with van der Waals surface area (Å²) in [7, 11) is 0. The number of anilines is 3. The molecule has 2 aromatic carbocycles. The number of imidazole rings is 1. The maximum Gasteiger partial charge on any atom is 0.148 e.